The third-order valence-corrected chi connectivity index (χ3v) is 5.27. The van der Waals surface area contributed by atoms with E-state index in [0.29, 0.717) is 6.42 Å². The summed E-state index contributed by atoms with van der Waals surface area (Å²) in [6.45, 7) is 2.13. The van der Waals surface area contributed by atoms with Gasteiger partial charge in [-0.2, -0.15) is 8.70 Å². The predicted octanol–water partition coefficient (Wildman–Crippen LogP) is 1.09. The second-order valence-electron chi connectivity index (χ2n) is 5.27. The molecule has 2 unspecified atom stereocenters. The summed E-state index contributed by atoms with van der Waals surface area (Å²) in [5, 5.41) is 11.0. The van der Waals surface area contributed by atoms with Crippen LogP contribution in [0.15, 0.2) is 23.1 Å². The molecule has 0 bridgehead atoms. The van der Waals surface area contributed by atoms with Crippen molar-refractivity contribution in [2.45, 2.75) is 24.3 Å². The molecular weight excluding hydrogens is 301 g/mol. The maximum atomic E-state index is 13.6. The molecule has 0 aromatic heterocycles. The van der Waals surface area contributed by atoms with E-state index in [2.05, 4.69) is 0 Å². The lowest BCUT2D eigenvalue weighted by Crippen LogP contribution is -2.48. The maximum Gasteiger partial charge on any atom is 0.324 e. The molecule has 116 valence electrons. The van der Waals surface area contributed by atoms with Crippen LogP contribution in [0, 0.1) is 21.8 Å². The number of para-hydroxylation sites is 1. The van der Waals surface area contributed by atoms with Crippen molar-refractivity contribution in [2.75, 3.05) is 13.1 Å². The highest BCUT2D eigenvalue weighted by Crippen LogP contribution is 2.31. The lowest BCUT2D eigenvalue weighted by atomic mass is 9.99. The standard InChI is InChI=1S/C12H16FN3O4S/c1-8-5-9(14)7-15(6-8)21(19,20)11-4-2-3-10(13)12(11)16(17)18/h2-4,8-9H,5-7,14H2,1H3. The normalized spacial score (nSPS) is 24.0. The Morgan fingerprint density at radius 1 is 1.43 bits per heavy atom. The molecule has 1 heterocycles. The van der Waals surface area contributed by atoms with Gasteiger partial charge in [0.1, 0.15) is 0 Å². The molecule has 9 heteroatoms. The lowest BCUT2D eigenvalue weighted by Gasteiger charge is -2.33. The van der Waals surface area contributed by atoms with Gasteiger partial charge in [0.25, 0.3) is 0 Å². The highest BCUT2D eigenvalue weighted by molar-refractivity contribution is 7.89. The molecule has 1 aliphatic heterocycles. The van der Waals surface area contributed by atoms with E-state index in [1.807, 2.05) is 6.92 Å². The third-order valence-electron chi connectivity index (χ3n) is 3.41. The minimum absolute atomic E-state index is 0.0381. The molecule has 0 amide bonds. The number of nitro benzene ring substituents is 1. The molecule has 1 aliphatic rings. The average Bonchev–Trinajstić information content (AvgIpc) is 2.36. The SMILES string of the molecule is CC1CC(N)CN(S(=O)(=O)c2cccc(F)c2[N+](=O)[O-])C1. The van der Waals surface area contributed by atoms with Crippen molar-refractivity contribution in [3.63, 3.8) is 0 Å². The van der Waals surface area contributed by atoms with E-state index < -0.39 is 31.3 Å². The first-order chi connectivity index (χ1) is 9.73. The Balaban J connectivity index is 2.50. The summed E-state index contributed by atoms with van der Waals surface area (Å²) in [6, 6.07) is 2.71. The van der Waals surface area contributed by atoms with Crippen LogP contribution in [0.1, 0.15) is 13.3 Å². The van der Waals surface area contributed by atoms with E-state index in [0.717, 1.165) is 22.5 Å². The monoisotopic (exact) mass is 317 g/mol. The van der Waals surface area contributed by atoms with Crippen LogP contribution in [0.2, 0.25) is 0 Å². The van der Waals surface area contributed by atoms with Crippen LogP contribution in [0.25, 0.3) is 0 Å². The fourth-order valence-electron chi connectivity index (χ4n) is 2.57. The Kier molecular flexibility index (Phi) is 4.26. The second kappa shape index (κ2) is 5.66. The van der Waals surface area contributed by atoms with Crippen LogP contribution in [-0.4, -0.2) is 36.8 Å². The fourth-order valence-corrected chi connectivity index (χ4v) is 4.35. The maximum absolute atomic E-state index is 13.6. The van der Waals surface area contributed by atoms with Crippen LogP contribution in [-0.2, 0) is 10.0 Å². The molecule has 2 N–H and O–H groups in total. The molecule has 0 aliphatic carbocycles. The van der Waals surface area contributed by atoms with Gasteiger partial charge >= 0.3 is 5.69 Å². The number of rotatable bonds is 3. The molecule has 0 spiro atoms. The number of halogens is 1. The summed E-state index contributed by atoms with van der Waals surface area (Å²) in [4.78, 5) is 9.31. The van der Waals surface area contributed by atoms with Crippen LogP contribution in [0.4, 0.5) is 10.1 Å². The van der Waals surface area contributed by atoms with Gasteiger partial charge in [-0.25, -0.2) is 8.42 Å². The van der Waals surface area contributed by atoms with Gasteiger partial charge in [0.15, 0.2) is 4.90 Å². The quantitative estimate of drug-likeness (QED) is 0.663. The van der Waals surface area contributed by atoms with Crippen molar-refractivity contribution in [1.82, 2.24) is 4.31 Å². The molecule has 21 heavy (non-hydrogen) atoms. The van der Waals surface area contributed by atoms with Crippen LogP contribution in [0.5, 0.6) is 0 Å². The number of nitro groups is 1. The first-order valence-electron chi connectivity index (χ1n) is 6.42. The molecular formula is C12H16FN3O4S. The van der Waals surface area contributed by atoms with Gasteiger partial charge in [-0.05, 0) is 24.5 Å². The van der Waals surface area contributed by atoms with Crippen LogP contribution >= 0.6 is 0 Å². The highest BCUT2D eigenvalue weighted by Gasteiger charge is 2.37. The van der Waals surface area contributed by atoms with E-state index in [4.69, 9.17) is 5.73 Å². The van der Waals surface area contributed by atoms with Crippen molar-refractivity contribution < 1.29 is 17.7 Å². The summed E-state index contributed by atoms with van der Waals surface area (Å²) < 4.78 is 39.8. The van der Waals surface area contributed by atoms with Crippen molar-refractivity contribution in [3.8, 4) is 0 Å². The topological polar surface area (TPSA) is 107 Å². The van der Waals surface area contributed by atoms with Crippen molar-refractivity contribution in [1.29, 1.82) is 0 Å². The van der Waals surface area contributed by atoms with Gasteiger partial charge in [0, 0.05) is 19.1 Å². The second-order valence-corrected chi connectivity index (χ2v) is 7.17. The number of nitrogens with two attached hydrogens (primary N) is 1. The third kappa shape index (κ3) is 3.04. The van der Waals surface area contributed by atoms with Crippen molar-refractivity contribution >= 4 is 15.7 Å². The highest BCUT2D eigenvalue weighted by atomic mass is 32.2. The smallest absolute Gasteiger partial charge is 0.324 e. The molecule has 2 rings (SSSR count). The van der Waals surface area contributed by atoms with Crippen molar-refractivity contribution in [2.24, 2.45) is 11.7 Å². The van der Waals surface area contributed by atoms with Gasteiger partial charge in [0.2, 0.25) is 15.8 Å². The molecule has 1 fully saturated rings. The molecule has 1 aromatic rings. The van der Waals surface area contributed by atoms with Gasteiger partial charge in [-0.15, -0.1) is 0 Å². The summed E-state index contributed by atoms with van der Waals surface area (Å²) in [6.07, 6.45) is 0.678. The van der Waals surface area contributed by atoms with E-state index in [1.54, 1.807) is 0 Å². The predicted molar refractivity (Wildman–Crippen MR) is 73.6 cm³/mol. The Labute approximate surface area is 121 Å². The number of piperidine rings is 1. The Morgan fingerprint density at radius 3 is 2.67 bits per heavy atom. The van der Waals surface area contributed by atoms with Crippen LogP contribution < -0.4 is 5.73 Å². The number of hydrogen-bond donors (Lipinski definition) is 1. The average molecular weight is 317 g/mol. The number of sulfonamides is 1. The fraction of sp³-hybridized carbons (Fsp3) is 0.500. The Bertz CT molecular complexity index is 654. The van der Waals surface area contributed by atoms with E-state index in [9.17, 15) is 22.9 Å². The van der Waals surface area contributed by atoms with Gasteiger partial charge in [-0.1, -0.05) is 13.0 Å². The zero-order chi connectivity index (χ0) is 15.8. The van der Waals surface area contributed by atoms with Crippen LogP contribution in [0.3, 0.4) is 0 Å². The van der Waals surface area contributed by atoms with E-state index >= 15 is 0 Å². The number of hydrogen-bond acceptors (Lipinski definition) is 5. The van der Waals surface area contributed by atoms with Crippen molar-refractivity contribution in [3.05, 3.63) is 34.1 Å². The first-order valence-corrected chi connectivity index (χ1v) is 7.86. The summed E-state index contributed by atoms with van der Waals surface area (Å²) in [7, 11) is -4.15. The zero-order valence-corrected chi connectivity index (χ0v) is 12.2. The van der Waals surface area contributed by atoms with E-state index in [1.165, 1.54) is 0 Å². The largest absolute Gasteiger partial charge is 0.326 e. The summed E-state index contributed by atoms with van der Waals surface area (Å²) in [5.74, 6) is -1.13. The number of benzene rings is 1. The molecule has 0 saturated carbocycles. The minimum atomic E-state index is -4.15. The number of nitrogens with zero attached hydrogens (tertiary/aromatic N) is 2. The Morgan fingerprint density at radius 2 is 2.10 bits per heavy atom. The van der Waals surface area contributed by atoms with Gasteiger partial charge in [-0.3, -0.25) is 10.1 Å². The molecule has 2 atom stereocenters. The lowest BCUT2D eigenvalue weighted by molar-refractivity contribution is -0.390. The van der Waals surface area contributed by atoms with Gasteiger partial charge < -0.3 is 5.73 Å². The van der Waals surface area contributed by atoms with Gasteiger partial charge in [0.05, 0.1) is 4.92 Å². The molecule has 0 radical (unpaired) electrons. The minimum Gasteiger partial charge on any atom is -0.326 e. The summed E-state index contributed by atoms with van der Waals surface area (Å²) in [5.41, 5.74) is 4.78. The summed E-state index contributed by atoms with van der Waals surface area (Å²) >= 11 is 0. The molecule has 1 aromatic carbocycles. The molecule has 7 nitrogen and oxygen atoms in total. The first kappa shape index (κ1) is 15.8. The molecule has 1 saturated heterocycles. The Hall–Kier alpha value is -1.58. The zero-order valence-electron chi connectivity index (χ0n) is 11.4. The van der Waals surface area contributed by atoms with E-state index in [-0.39, 0.29) is 25.0 Å².